The van der Waals surface area contributed by atoms with E-state index in [1.165, 1.54) is 257 Å². The first-order chi connectivity index (χ1) is 22.9. The van der Waals surface area contributed by atoms with Crippen molar-refractivity contribution in [3.63, 3.8) is 0 Å². The average molecular weight is 651 g/mol. The van der Waals surface area contributed by atoms with Gasteiger partial charge in [0.15, 0.2) is 0 Å². The second-order valence-electron chi connectivity index (χ2n) is 15.3. The van der Waals surface area contributed by atoms with Crippen LogP contribution in [0.4, 0.5) is 0 Å². The van der Waals surface area contributed by atoms with Crippen LogP contribution >= 0.6 is 0 Å². The van der Waals surface area contributed by atoms with Gasteiger partial charge in [-0.2, -0.15) is 0 Å². The van der Waals surface area contributed by atoms with Gasteiger partial charge in [-0.25, -0.2) is 0 Å². The summed E-state index contributed by atoms with van der Waals surface area (Å²) in [5.74, 6) is 0. The van der Waals surface area contributed by atoms with Gasteiger partial charge in [0, 0.05) is 13.2 Å². The van der Waals surface area contributed by atoms with E-state index in [9.17, 15) is 0 Å². The number of aliphatic hydroxyl groups is 2. The van der Waals surface area contributed by atoms with E-state index >= 15 is 0 Å². The molecule has 0 aromatic rings. The Bertz CT molecular complexity index is 448. The molecule has 0 bridgehead atoms. The summed E-state index contributed by atoms with van der Waals surface area (Å²) in [5, 5.41) is 17.6. The smallest absolute Gasteiger partial charge is 0.0431 e. The van der Waals surface area contributed by atoms with Gasteiger partial charge in [-0.15, -0.1) is 0 Å². The van der Waals surface area contributed by atoms with Crippen LogP contribution in [-0.2, 0) is 0 Å². The zero-order chi connectivity index (χ0) is 33.1. The van der Waals surface area contributed by atoms with Gasteiger partial charge in [0.25, 0.3) is 0 Å². The van der Waals surface area contributed by atoms with Crippen LogP contribution < -0.4 is 0 Å². The molecule has 0 unspecified atom stereocenters. The fourth-order valence-corrected chi connectivity index (χ4v) is 7.29. The predicted octanol–water partition coefficient (Wildman–Crippen LogP) is 15.4. The van der Waals surface area contributed by atoms with Crippen molar-refractivity contribution in [1.29, 1.82) is 0 Å². The fraction of sp³-hybridized carbons (Fsp3) is 1.00. The van der Waals surface area contributed by atoms with Gasteiger partial charge in [-0.3, -0.25) is 0 Å². The molecule has 0 saturated carbocycles. The summed E-state index contributed by atoms with van der Waals surface area (Å²) in [5.41, 5.74) is 0. The van der Waals surface area contributed by atoms with E-state index in [1.807, 2.05) is 0 Å². The zero-order valence-electron chi connectivity index (χ0n) is 32.0. The number of unbranched alkanes of at least 4 members (excludes halogenated alkanes) is 41. The first kappa shape index (κ1) is 45.9. The molecule has 2 N–H and O–H groups in total. The molecule has 0 atom stereocenters. The van der Waals surface area contributed by atoms with Crippen molar-refractivity contribution in [2.24, 2.45) is 0 Å². The van der Waals surface area contributed by atoms with Crippen LogP contribution in [0.15, 0.2) is 0 Å². The van der Waals surface area contributed by atoms with Gasteiger partial charge in [0.05, 0.1) is 0 Å². The summed E-state index contributed by atoms with van der Waals surface area (Å²) in [7, 11) is 0. The summed E-state index contributed by atoms with van der Waals surface area (Å²) in [6, 6.07) is 0. The van der Waals surface area contributed by atoms with Crippen molar-refractivity contribution in [3.8, 4) is 0 Å². The minimum atomic E-state index is 0.373. The maximum absolute atomic E-state index is 8.80. The Labute approximate surface area is 292 Å². The maximum atomic E-state index is 8.80. The van der Waals surface area contributed by atoms with Crippen molar-refractivity contribution in [2.75, 3.05) is 13.2 Å². The molecule has 0 heterocycles. The Morgan fingerprint density at radius 1 is 0.109 bits per heavy atom. The second kappa shape index (κ2) is 44.9. The van der Waals surface area contributed by atoms with Gasteiger partial charge in [0.1, 0.15) is 0 Å². The largest absolute Gasteiger partial charge is 0.396 e. The summed E-state index contributed by atoms with van der Waals surface area (Å²) >= 11 is 0. The molecule has 0 spiro atoms. The minimum absolute atomic E-state index is 0.373. The van der Waals surface area contributed by atoms with Gasteiger partial charge in [0.2, 0.25) is 0 Å². The lowest BCUT2D eigenvalue weighted by molar-refractivity contribution is 0.282. The van der Waals surface area contributed by atoms with E-state index in [2.05, 4.69) is 0 Å². The number of rotatable bonds is 43. The normalized spacial score (nSPS) is 11.6. The van der Waals surface area contributed by atoms with Gasteiger partial charge in [-0.1, -0.05) is 257 Å². The Kier molecular flexibility index (Phi) is 44.8. The molecule has 0 aliphatic carbocycles. The highest BCUT2D eigenvalue weighted by Gasteiger charge is 1.98. The lowest BCUT2D eigenvalue weighted by Gasteiger charge is -2.05. The summed E-state index contributed by atoms with van der Waals surface area (Å²) in [6.45, 7) is 0.746. The molecule has 2 heteroatoms. The molecular formula is C44H90O2. The molecule has 0 aromatic carbocycles. The standard InChI is InChI=1S/C44H90O2/c45-43-41-39-37-35-33-31-29-27-25-23-21-19-17-15-13-11-9-7-5-3-1-2-4-6-8-10-12-14-16-18-20-22-24-26-28-30-32-34-36-38-40-42-44-46/h45-46H,1-44H2. The highest BCUT2D eigenvalue weighted by molar-refractivity contribution is 4.54. The van der Waals surface area contributed by atoms with Crippen molar-refractivity contribution < 1.29 is 10.2 Å². The number of aliphatic hydroxyl groups excluding tert-OH is 2. The Morgan fingerprint density at radius 3 is 0.239 bits per heavy atom. The third-order valence-electron chi connectivity index (χ3n) is 10.6. The molecule has 0 radical (unpaired) electrons. The minimum Gasteiger partial charge on any atom is -0.396 e. The van der Waals surface area contributed by atoms with Crippen molar-refractivity contribution >= 4 is 0 Å². The molecule has 0 aliphatic heterocycles. The Morgan fingerprint density at radius 2 is 0.174 bits per heavy atom. The van der Waals surface area contributed by atoms with E-state index < -0.39 is 0 Å². The SMILES string of the molecule is OCCCCCCCCCCCCCCCCCCCCCCCCCCCCCCCCCCCCCCCCCCCCO. The Hall–Kier alpha value is -0.0800. The van der Waals surface area contributed by atoms with Crippen molar-refractivity contribution in [2.45, 2.75) is 270 Å². The van der Waals surface area contributed by atoms with Crippen molar-refractivity contribution in [3.05, 3.63) is 0 Å². The molecule has 0 aromatic heterocycles. The molecular weight excluding hydrogens is 560 g/mol. The molecule has 0 fully saturated rings. The average Bonchev–Trinajstić information content (AvgIpc) is 3.07. The second-order valence-corrected chi connectivity index (χ2v) is 15.3. The molecule has 0 aliphatic rings. The van der Waals surface area contributed by atoms with Gasteiger partial charge < -0.3 is 10.2 Å². The van der Waals surface area contributed by atoms with Gasteiger partial charge >= 0.3 is 0 Å². The third-order valence-corrected chi connectivity index (χ3v) is 10.6. The number of hydrogen-bond donors (Lipinski definition) is 2. The van der Waals surface area contributed by atoms with E-state index in [4.69, 9.17) is 10.2 Å². The first-order valence-electron chi connectivity index (χ1n) is 22.1. The molecule has 0 rings (SSSR count). The predicted molar refractivity (Wildman–Crippen MR) is 208 cm³/mol. The van der Waals surface area contributed by atoms with Crippen LogP contribution in [0.25, 0.3) is 0 Å². The molecule has 0 saturated heterocycles. The summed E-state index contributed by atoms with van der Waals surface area (Å²) < 4.78 is 0. The molecule has 278 valence electrons. The van der Waals surface area contributed by atoms with E-state index in [0.717, 1.165) is 12.8 Å². The van der Waals surface area contributed by atoms with Gasteiger partial charge in [-0.05, 0) is 12.8 Å². The topological polar surface area (TPSA) is 40.5 Å². The van der Waals surface area contributed by atoms with Crippen LogP contribution in [0.2, 0.25) is 0 Å². The van der Waals surface area contributed by atoms with Crippen LogP contribution in [0.5, 0.6) is 0 Å². The fourth-order valence-electron chi connectivity index (χ4n) is 7.29. The highest BCUT2D eigenvalue weighted by Crippen LogP contribution is 2.18. The van der Waals surface area contributed by atoms with Crippen LogP contribution in [0, 0.1) is 0 Å². The lowest BCUT2D eigenvalue weighted by atomic mass is 10.0. The quantitative estimate of drug-likeness (QED) is 0.0645. The first-order valence-corrected chi connectivity index (χ1v) is 22.1. The molecule has 0 amide bonds. The maximum Gasteiger partial charge on any atom is 0.0431 e. The summed E-state index contributed by atoms with van der Waals surface area (Å²) in [6.07, 6.45) is 59.6. The monoisotopic (exact) mass is 651 g/mol. The van der Waals surface area contributed by atoms with Crippen molar-refractivity contribution in [1.82, 2.24) is 0 Å². The number of hydrogen-bond acceptors (Lipinski definition) is 2. The van der Waals surface area contributed by atoms with E-state index in [0.29, 0.717) is 13.2 Å². The van der Waals surface area contributed by atoms with Crippen LogP contribution in [-0.4, -0.2) is 23.4 Å². The van der Waals surface area contributed by atoms with Crippen LogP contribution in [0.3, 0.4) is 0 Å². The van der Waals surface area contributed by atoms with E-state index in [1.54, 1.807) is 0 Å². The Balaban J connectivity index is 3.03. The lowest BCUT2D eigenvalue weighted by Crippen LogP contribution is -1.85. The van der Waals surface area contributed by atoms with E-state index in [-0.39, 0.29) is 0 Å². The molecule has 2 nitrogen and oxygen atoms in total. The molecule has 46 heavy (non-hydrogen) atoms. The summed E-state index contributed by atoms with van der Waals surface area (Å²) in [4.78, 5) is 0. The highest BCUT2D eigenvalue weighted by atomic mass is 16.3. The third kappa shape index (κ3) is 43.9. The van der Waals surface area contributed by atoms with Crippen LogP contribution in [0.1, 0.15) is 270 Å². The zero-order valence-corrected chi connectivity index (χ0v) is 32.0.